The van der Waals surface area contributed by atoms with E-state index in [1.807, 2.05) is 0 Å². The first-order valence-electron chi connectivity index (χ1n) is 6.16. The maximum atomic E-state index is 13.7. The van der Waals surface area contributed by atoms with Crippen LogP contribution in [0.2, 0.25) is 0 Å². The molecule has 21 heavy (non-hydrogen) atoms. The van der Waals surface area contributed by atoms with E-state index in [1.165, 1.54) is 24.3 Å². The van der Waals surface area contributed by atoms with E-state index in [0.717, 1.165) is 12.1 Å². The Hall–Kier alpha value is -2.25. The van der Waals surface area contributed by atoms with Crippen LogP contribution < -0.4 is 10.8 Å². The van der Waals surface area contributed by atoms with E-state index in [0.29, 0.717) is 0 Å². The third kappa shape index (κ3) is 3.65. The van der Waals surface area contributed by atoms with Crippen LogP contribution in [0, 0.1) is 11.6 Å². The Labute approximate surface area is 120 Å². The lowest BCUT2D eigenvalue weighted by atomic mass is 9.80. The topological polar surface area (TPSA) is 69.6 Å². The fourth-order valence-electron chi connectivity index (χ4n) is 1.79. The van der Waals surface area contributed by atoms with Gasteiger partial charge in [0.25, 0.3) is 5.91 Å². The molecule has 0 heterocycles. The van der Waals surface area contributed by atoms with E-state index in [9.17, 15) is 13.6 Å². The molecule has 3 N–H and O–H groups in total. The SMILES string of the molecule is O=C(NCc1ccccc1F)c1ccc(B(O)O)cc1F. The molecular weight excluding hydrogens is 279 g/mol. The Morgan fingerprint density at radius 1 is 1.10 bits per heavy atom. The molecule has 7 heteroatoms. The van der Waals surface area contributed by atoms with Gasteiger partial charge in [-0.2, -0.15) is 0 Å². The first-order valence-corrected chi connectivity index (χ1v) is 6.16. The van der Waals surface area contributed by atoms with Gasteiger partial charge < -0.3 is 15.4 Å². The van der Waals surface area contributed by atoms with Crippen LogP contribution in [0.4, 0.5) is 8.78 Å². The van der Waals surface area contributed by atoms with E-state index < -0.39 is 24.7 Å². The minimum atomic E-state index is -1.81. The van der Waals surface area contributed by atoms with Crippen molar-refractivity contribution in [3.8, 4) is 0 Å². The van der Waals surface area contributed by atoms with Gasteiger partial charge in [-0.25, -0.2) is 8.78 Å². The fraction of sp³-hybridized carbons (Fsp3) is 0.0714. The van der Waals surface area contributed by atoms with Crippen LogP contribution >= 0.6 is 0 Å². The molecule has 2 aromatic rings. The van der Waals surface area contributed by atoms with Crippen molar-refractivity contribution in [3.05, 3.63) is 65.2 Å². The first kappa shape index (κ1) is 15.1. The Morgan fingerprint density at radius 2 is 1.81 bits per heavy atom. The van der Waals surface area contributed by atoms with Crippen molar-refractivity contribution in [3.63, 3.8) is 0 Å². The lowest BCUT2D eigenvalue weighted by Gasteiger charge is -2.08. The molecule has 0 unspecified atom stereocenters. The second kappa shape index (κ2) is 6.47. The molecule has 0 spiro atoms. The summed E-state index contributed by atoms with van der Waals surface area (Å²) >= 11 is 0. The van der Waals surface area contributed by atoms with E-state index >= 15 is 0 Å². The zero-order valence-electron chi connectivity index (χ0n) is 10.9. The number of carbonyl (C=O) groups is 1. The predicted octanol–water partition coefficient (Wildman–Crippen LogP) is 0.575. The van der Waals surface area contributed by atoms with Crippen LogP contribution in [0.5, 0.6) is 0 Å². The van der Waals surface area contributed by atoms with E-state index in [4.69, 9.17) is 10.0 Å². The Morgan fingerprint density at radius 3 is 2.43 bits per heavy atom. The molecule has 0 radical (unpaired) electrons. The summed E-state index contributed by atoms with van der Waals surface area (Å²) in [6.45, 7) is -0.0741. The maximum absolute atomic E-state index is 13.7. The van der Waals surface area contributed by atoms with E-state index in [1.54, 1.807) is 6.07 Å². The van der Waals surface area contributed by atoms with Crippen molar-refractivity contribution >= 4 is 18.5 Å². The van der Waals surface area contributed by atoms with Crippen molar-refractivity contribution < 1.29 is 23.6 Å². The molecule has 0 atom stereocenters. The molecule has 0 aliphatic rings. The molecule has 0 saturated carbocycles. The number of carbonyl (C=O) groups excluding carboxylic acids is 1. The average Bonchev–Trinajstić information content (AvgIpc) is 2.46. The number of benzene rings is 2. The highest BCUT2D eigenvalue weighted by molar-refractivity contribution is 6.58. The zero-order chi connectivity index (χ0) is 15.4. The predicted molar refractivity (Wildman–Crippen MR) is 73.8 cm³/mol. The highest BCUT2D eigenvalue weighted by Gasteiger charge is 2.17. The van der Waals surface area contributed by atoms with Crippen LogP contribution in [0.25, 0.3) is 0 Å². The van der Waals surface area contributed by atoms with Gasteiger partial charge in [0, 0.05) is 12.1 Å². The third-order valence-electron chi connectivity index (χ3n) is 2.93. The molecule has 0 fully saturated rings. The molecule has 4 nitrogen and oxygen atoms in total. The highest BCUT2D eigenvalue weighted by atomic mass is 19.1. The zero-order valence-corrected chi connectivity index (χ0v) is 10.9. The minimum absolute atomic E-state index is 0.0573. The van der Waals surface area contributed by atoms with Gasteiger partial charge in [0.05, 0.1) is 5.56 Å². The molecule has 0 saturated heterocycles. The number of hydrogen-bond acceptors (Lipinski definition) is 3. The quantitative estimate of drug-likeness (QED) is 0.722. The lowest BCUT2D eigenvalue weighted by molar-refractivity contribution is 0.0946. The third-order valence-corrected chi connectivity index (χ3v) is 2.93. The summed E-state index contributed by atoms with van der Waals surface area (Å²) in [5, 5.41) is 20.2. The maximum Gasteiger partial charge on any atom is 0.488 e. The smallest absolute Gasteiger partial charge is 0.423 e. The van der Waals surface area contributed by atoms with Gasteiger partial charge in [-0.1, -0.05) is 24.3 Å². The summed E-state index contributed by atoms with van der Waals surface area (Å²) < 4.78 is 27.1. The lowest BCUT2D eigenvalue weighted by Crippen LogP contribution is -2.31. The fourth-order valence-corrected chi connectivity index (χ4v) is 1.79. The second-order valence-corrected chi connectivity index (χ2v) is 4.39. The molecule has 1 amide bonds. The van der Waals surface area contributed by atoms with E-state index in [2.05, 4.69) is 5.32 Å². The number of hydrogen-bond donors (Lipinski definition) is 3. The average molecular weight is 291 g/mol. The molecule has 2 aromatic carbocycles. The van der Waals surface area contributed by atoms with Crippen LogP contribution in [0.15, 0.2) is 42.5 Å². The number of amides is 1. The van der Waals surface area contributed by atoms with Crippen molar-refractivity contribution in [2.75, 3.05) is 0 Å². The van der Waals surface area contributed by atoms with Crippen LogP contribution in [0.3, 0.4) is 0 Å². The summed E-state index contributed by atoms with van der Waals surface area (Å²) in [6, 6.07) is 9.16. The van der Waals surface area contributed by atoms with Gasteiger partial charge in [-0.15, -0.1) is 0 Å². The molecule has 0 aliphatic heterocycles. The normalized spacial score (nSPS) is 10.3. The summed E-state index contributed by atoms with van der Waals surface area (Å²) in [7, 11) is -1.81. The monoisotopic (exact) mass is 291 g/mol. The van der Waals surface area contributed by atoms with Gasteiger partial charge >= 0.3 is 7.12 Å². The minimum Gasteiger partial charge on any atom is -0.423 e. The van der Waals surface area contributed by atoms with Crippen LogP contribution in [-0.2, 0) is 6.54 Å². The Balaban J connectivity index is 2.09. The van der Waals surface area contributed by atoms with Crippen molar-refractivity contribution in [2.24, 2.45) is 0 Å². The molecule has 2 rings (SSSR count). The summed E-state index contributed by atoms with van der Waals surface area (Å²) in [5.41, 5.74) is -0.0254. The largest absolute Gasteiger partial charge is 0.488 e. The van der Waals surface area contributed by atoms with Crippen LogP contribution in [-0.4, -0.2) is 23.1 Å². The van der Waals surface area contributed by atoms with Crippen molar-refractivity contribution in [1.82, 2.24) is 5.32 Å². The summed E-state index contributed by atoms with van der Waals surface area (Å²) in [6.07, 6.45) is 0. The summed E-state index contributed by atoms with van der Waals surface area (Å²) in [4.78, 5) is 11.8. The number of rotatable bonds is 4. The van der Waals surface area contributed by atoms with Gasteiger partial charge in [-0.3, -0.25) is 4.79 Å². The van der Waals surface area contributed by atoms with Gasteiger partial charge in [0.2, 0.25) is 0 Å². The first-order chi connectivity index (χ1) is 9.99. The van der Waals surface area contributed by atoms with Gasteiger partial charge in [-0.05, 0) is 23.7 Å². The highest BCUT2D eigenvalue weighted by Crippen LogP contribution is 2.08. The van der Waals surface area contributed by atoms with Gasteiger partial charge in [0.1, 0.15) is 11.6 Å². The van der Waals surface area contributed by atoms with Crippen LogP contribution in [0.1, 0.15) is 15.9 Å². The Kier molecular flexibility index (Phi) is 4.67. The standard InChI is InChI=1S/C14H12BF2NO3/c16-12-4-2-1-3-9(12)8-18-14(19)11-6-5-10(15(20)21)7-13(11)17/h1-7,20-21H,8H2,(H,18,19). The van der Waals surface area contributed by atoms with Crippen molar-refractivity contribution in [1.29, 1.82) is 0 Å². The summed E-state index contributed by atoms with van der Waals surface area (Å²) in [5.74, 6) is -2.06. The molecule has 0 bridgehead atoms. The molecule has 0 aliphatic carbocycles. The molecular formula is C14H12BF2NO3. The van der Waals surface area contributed by atoms with E-state index in [-0.39, 0.29) is 23.1 Å². The van der Waals surface area contributed by atoms with Gasteiger partial charge in [0.15, 0.2) is 0 Å². The molecule has 108 valence electrons. The van der Waals surface area contributed by atoms with Crippen molar-refractivity contribution in [2.45, 2.75) is 6.54 Å². The second-order valence-electron chi connectivity index (χ2n) is 4.39. The Bertz CT molecular complexity index is 664. The number of halogens is 2. The number of nitrogens with one attached hydrogen (secondary N) is 1. The molecule has 0 aromatic heterocycles.